The van der Waals surface area contributed by atoms with Gasteiger partial charge in [-0.3, -0.25) is 0 Å². The van der Waals surface area contributed by atoms with Crippen LogP contribution in [0, 0.1) is 0 Å². The predicted octanol–water partition coefficient (Wildman–Crippen LogP) is 10.8. The van der Waals surface area contributed by atoms with Gasteiger partial charge in [0.05, 0.1) is 0 Å². The van der Waals surface area contributed by atoms with E-state index in [2.05, 4.69) is 180 Å². The second-order valence-corrected chi connectivity index (χ2v) is 14.7. The van der Waals surface area contributed by atoms with Crippen molar-refractivity contribution in [1.82, 2.24) is 9.97 Å². The molecule has 55 heavy (non-hydrogen) atoms. The summed E-state index contributed by atoms with van der Waals surface area (Å²) in [5.74, 6) is 0.700. The lowest BCUT2D eigenvalue weighted by atomic mass is 9.33. The minimum absolute atomic E-state index is 0.0348. The minimum atomic E-state index is -0.0348. The van der Waals surface area contributed by atoms with E-state index in [1.165, 1.54) is 70.9 Å². The summed E-state index contributed by atoms with van der Waals surface area (Å²) in [6.07, 6.45) is 3.66. The Morgan fingerprint density at radius 2 is 0.745 bits per heavy atom. The molecule has 3 heterocycles. The van der Waals surface area contributed by atoms with E-state index >= 15 is 0 Å². The summed E-state index contributed by atoms with van der Waals surface area (Å²) < 4.78 is 0. The highest BCUT2D eigenvalue weighted by molar-refractivity contribution is 7.00. The van der Waals surface area contributed by atoms with Crippen LogP contribution in [0.4, 0.5) is 34.1 Å². The topological polar surface area (TPSA) is 32.3 Å². The molecule has 0 spiro atoms. The highest BCUT2D eigenvalue weighted by atomic mass is 15.2. The van der Waals surface area contributed by atoms with E-state index < -0.39 is 0 Å². The molecule has 10 aromatic rings. The van der Waals surface area contributed by atoms with Gasteiger partial charge in [0.15, 0.2) is 5.82 Å². The van der Waals surface area contributed by atoms with Gasteiger partial charge in [-0.1, -0.05) is 97.1 Å². The summed E-state index contributed by atoms with van der Waals surface area (Å²) in [6, 6.07) is 64.6. The van der Waals surface area contributed by atoms with Crippen molar-refractivity contribution in [2.45, 2.75) is 0 Å². The lowest BCUT2D eigenvalue weighted by Crippen LogP contribution is -2.61. The number of fused-ring (bicyclic) bond motifs is 8. The number of nitrogens with zero attached hydrogens (tertiary/aromatic N) is 4. The van der Waals surface area contributed by atoms with Crippen LogP contribution in [-0.2, 0) is 0 Å². The van der Waals surface area contributed by atoms with Crippen molar-refractivity contribution in [3.05, 3.63) is 188 Å². The summed E-state index contributed by atoms with van der Waals surface area (Å²) in [7, 11) is 0. The fourth-order valence-electron chi connectivity index (χ4n) is 9.16. The largest absolute Gasteiger partial charge is 0.311 e. The van der Waals surface area contributed by atoms with Gasteiger partial charge >= 0.3 is 0 Å². The van der Waals surface area contributed by atoms with Gasteiger partial charge in [-0.05, 0) is 138 Å². The number of para-hydroxylation sites is 2. The smallest absolute Gasteiger partial charge is 0.252 e. The first kappa shape index (κ1) is 30.2. The Morgan fingerprint density at radius 1 is 0.345 bits per heavy atom. The van der Waals surface area contributed by atoms with E-state index in [0.29, 0.717) is 5.82 Å². The molecule has 12 rings (SSSR count). The molecule has 0 atom stereocenters. The van der Waals surface area contributed by atoms with Crippen LogP contribution in [0.5, 0.6) is 0 Å². The molecule has 0 N–H and O–H groups in total. The molecule has 0 unspecified atom stereocenters. The van der Waals surface area contributed by atoms with Crippen LogP contribution in [-0.4, -0.2) is 16.7 Å². The fourth-order valence-corrected chi connectivity index (χ4v) is 9.16. The molecule has 0 bridgehead atoms. The first-order chi connectivity index (χ1) is 27.2. The highest BCUT2D eigenvalue weighted by Crippen LogP contribution is 2.47. The monoisotopic (exact) mass is 698 g/mol. The molecule has 254 valence electrons. The lowest BCUT2D eigenvalue weighted by Gasteiger charge is -2.44. The van der Waals surface area contributed by atoms with Crippen molar-refractivity contribution < 1.29 is 0 Å². The maximum atomic E-state index is 4.79. The van der Waals surface area contributed by atoms with Crippen molar-refractivity contribution in [2.24, 2.45) is 0 Å². The van der Waals surface area contributed by atoms with Crippen molar-refractivity contribution in [3.63, 3.8) is 0 Å². The summed E-state index contributed by atoms with van der Waals surface area (Å²) in [5.41, 5.74) is 11.7. The van der Waals surface area contributed by atoms with Gasteiger partial charge in [-0.15, -0.1) is 0 Å². The Kier molecular flexibility index (Phi) is 6.40. The van der Waals surface area contributed by atoms with Crippen LogP contribution in [0.1, 0.15) is 0 Å². The van der Waals surface area contributed by atoms with Crippen LogP contribution < -0.4 is 26.2 Å². The first-order valence-electron chi connectivity index (χ1n) is 18.8. The van der Waals surface area contributed by atoms with Crippen molar-refractivity contribution in [2.75, 3.05) is 9.80 Å². The molecule has 0 amide bonds. The number of benzene rings is 9. The number of anilines is 6. The molecule has 0 saturated carbocycles. The van der Waals surface area contributed by atoms with Crippen LogP contribution in [0.3, 0.4) is 0 Å². The molecule has 2 aliphatic heterocycles. The Hall–Kier alpha value is -7.24. The summed E-state index contributed by atoms with van der Waals surface area (Å²) >= 11 is 0. The Morgan fingerprint density at radius 3 is 1.18 bits per heavy atom. The van der Waals surface area contributed by atoms with Gasteiger partial charge in [0.25, 0.3) is 6.71 Å². The van der Waals surface area contributed by atoms with Gasteiger partial charge in [0.2, 0.25) is 0 Å². The normalized spacial score (nSPS) is 13.0. The minimum Gasteiger partial charge on any atom is -0.311 e. The van der Waals surface area contributed by atoms with E-state index in [1.54, 1.807) is 0 Å². The molecule has 0 aliphatic carbocycles. The van der Waals surface area contributed by atoms with E-state index in [9.17, 15) is 0 Å². The van der Waals surface area contributed by atoms with Crippen molar-refractivity contribution >= 4 is 100 Å². The number of hydrogen-bond acceptors (Lipinski definition) is 4. The Labute approximate surface area is 318 Å². The molecular formula is C50H31BN4. The zero-order valence-corrected chi connectivity index (χ0v) is 29.8. The zero-order chi connectivity index (χ0) is 36.0. The number of hydrogen-bond donors (Lipinski definition) is 0. The maximum absolute atomic E-state index is 4.79. The van der Waals surface area contributed by atoms with Crippen LogP contribution in [0.15, 0.2) is 188 Å². The maximum Gasteiger partial charge on any atom is 0.252 e. The van der Waals surface area contributed by atoms with Gasteiger partial charge in [0, 0.05) is 52.1 Å². The second kappa shape index (κ2) is 11.6. The molecule has 9 aromatic carbocycles. The standard InChI is InChI=1S/C50H31BN4/c1-3-16-41(17-4-1)54-45-28-38-24-34-14-9-7-12-32(34)22-36(38)26-43(45)51-44-27-37-23-33-13-8-10-15-35(33)25-39(37)29-46(44)55(42-18-5-2-6-19-42)48-31-40(30-47(54)49(48)51)50-52-20-11-21-53-50/h1-31H. The number of rotatable bonds is 3. The van der Waals surface area contributed by atoms with Crippen LogP contribution in [0.2, 0.25) is 0 Å². The highest BCUT2D eigenvalue weighted by Gasteiger charge is 2.44. The van der Waals surface area contributed by atoms with Gasteiger partial charge in [-0.2, -0.15) is 0 Å². The molecule has 0 radical (unpaired) electrons. The summed E-state index contributed by atoms with van der Waals surface area (Å²) in [6.45, 7) is -0.0348. The average Bonchev–Trinajstić information content (AvgIpc) is 3.24. The summed E-state index contributed by atoms with van der Waals surface area (Å²) in [5, 5.41) is 9.89. The first-order valence-corrected chi connectivity index (χ1v) is 18.8. The van der Waals surface area contributed by atoms with E-state index in [-0.39, 0.29) is 6.71 Å². The third-order valence-corrected chi connectivity index (χ3v) is 11.6. The molecule has 2 aliphatic rings. The Balaban J connectivity index is 1.25. The SMILES string of the molecule is c1ccc(N2c3cc4cc5ccccc5cc4cc3B3c4cc5cc6ccccc6cc5cc4N(c4ccccc4)c4cc(-c5ncccn5)cc2c43)cc1. The van der Waals surface area contributed by atoms with Crippen molar-refractivity contribution in [3.8, 4) is 11.4 Å². The molecule has 4 nitrogen and oxygen atoms in total. The third-order valence-electron chi connectivity index (χ3n) is 11.6. The van der Waals surface area contributed by atoms with E-state index in [1.807, 2.05) is 18.5 Å². The molecule has 0 saturated heterocycles. The van der Waals surface area contributed by atoms with Crippen LogP contribution >= 0.6 is 0 Å². The lowest BCUT2D eigenvalue weighted by molar-refractivity contribution is 1.17. The van der Waals surface area contributed by atoms with Gasteiger partial charge < -0.3 is 9.80 Å². The van der Waals surface area contributed by atoms with E-state index in [0.717, 1.165) is 28.3 Å². The fraction of sp³-hybridized carbons (Fsp3) is 0. The molecule has 1 aromatic heterocycles. The summed E-state index contributed by atoms with van der Waals surface area (Å²) in [4.78, 5) is 14.5. The molecule has 5 heteroatoms. The van der Waals surface area contributed by atoms with Crippen LogP contribution in [0.25, 0.3) is 54.5 Å². The molecular weight excluding hydrogens is 667 g/mol. The van der Waals surface area contributed by atoms with Gasteiger partial charge in [-0.25, -0.2) is 9.97 Å². The van der Waals surface area contributed by atoms with Crippen molar-refractivity contribution in [1.29, 1.82) is 0 Å². The average molecular weight is 699 g/mol. The predicted molar refractivity (Wildman–Crippen MR) is 232 cm³/mol. The second-order valence-electron chi connectivity index (χ2n) is 14.7. The van der Waals surface area contributed by atoms with Gasteiger partial charge in [0.1, 0.15) is 0 Å². The third kappa shape index (κ3) is 4.60. The zero-order valence-electron chi connectivity index (χ0n) is 29.8. The Bertz CT molecular complexity index is 2970. The number of aromatic nitrogens is 2. The van der Waals surface area contributed by atoms with E-state index in [4.69, 9.17) is 9.97 Å². The molecule has 0 fully saturated rings. The quantitative estimate of drug-likeness (QED) is 0.136.